The van der Waals surface area contributed by atoms with Gasteiger partial charge in [0.2, 0.25) is 5.91 Å². The maximum atomic E-state index is 11.2. The van der Waals surface area contributed by atoms with Gasteiger partial charge in [-0.2, -0.15) is 8.42 Å². The molecule has 0 rings (SSSR count). The van der Waals surface area contributed by atoms with E-state index in [1.54, 1.807) is 0 Å². The molecule has 1 amide bonds. The molecule has 0 aromatic carbocycles. The largest absolute Gasteiger partial charge is 0.352 e. The highest BCUT2D eigenvalue weighted by Gasteiger charge is 2.09. The highest BCUT2D eigenvalue weighted by atomic mass is 32.2. The van der Waals surface area contributed by atoms with Crippen LogP contribution in [0.25, 0.3) is 0 Å². The number of hydrogen-bond acceptors (Lipinski definition) is 5. The van der Waals surface area contributed by atoms with Crippen LogP contribution in [0.1, 0.15) is 12.8 Å². The first kappa shape index (κ1) is 15.1. The summed E-state index contributed by atoms with van der Waals surface area (Å²) >= 11 is 0. The van der Waals surface area contributed by atoms with Crippen LogP contribution in [0, 0.1) is 0 Å². The van der Waals surface area contributed by atoms with Gasteiger partial charge in [0, 0.05) is 6.54 Å². The van der Waals surface area contributed by atoms with E-state index in [9.17, 15) is 13.2 Å². The Morgan fingerprint density at radius 2 is 2.12 bits per heavy atom. The normalized spacial score (nSPS) is 11.1. The SMILES string of the molecule is C=CC(=O)NCCCOS(=O)(=O)CCCN. The van der Waals surface area contributed by atoms with Gasteiger partial charge < -0.3 is 11.1 Å². The number of carbonyl (C=O) groups excluding carboxylic acids is 1. The zero-order chi connectivity index (χ0) is 12.4. The van der Waals surface area contributed by atoms with Crippen molar-refractivity contribution in [3.8, 4) is 0 Å². The van der Waals surface area contributed by atoms with Crippen LogP contribution in [-0.2, 0) is 19.1 Å². The zero-order valence-electron chi connectivity index (χ0n) is 9.15. The molecule has 0 saturated heterocycles. The fourth-order valence-corrected chi connectivity index (χ4v) is 1.87. The van der Waals surface area contributed by atoms with Gasteiger partial charge in [-0.05, 0) is 25.5 Å². The van der Waals surface area contributed by atoms with Crippen LogP contribution in [0.2, 0.25) is 0 Å². The van der Waals surface area contributed by atoms with Gasteiger partial charge in [0.05, 0.1) is 12.4 Å². The molecule has 0 atom stereocenters. The van der Waals surface area contributed by atoms with Crippen molar-refractivity contribution in [1.82, 2.24) is 5.32 Å². The fraction of sp³-hybridized carbons (Fsp3) is 0.667. The Morgan fingerprint density at radius 1 is 1.44 bits per heavy atom. The van der Waals surface area contributed by atoms with E-state index in [1.807, 2.05) is 0 Å². The Kier molecular flexibility index (Phi) is 7.78. The molecule has 0 fully saturated rings. The van der Waals surface area contributed by atoms with E-state index in [2.05, 4.69) is 16.1 Å². The van der Waals surface area contributed by atoms with Crippen molar-refractivity contribution < 1.29 is 17.4 Å². The van der Waals surface area contributed by atoms with Gasteiger partial charge in [0.15, 0.2) is 0 Å². The van der Waals surface area contributed by atoms with Crippen molar-refractivity contribution >= 4 is 16.0 Å². The predicted octanol–water partition coefficient (Wildman–Crippen LogP) is -0.626. The lowest BCUT2D eigenvalue weighted by atomic mass is 10.4. The monoisotopic (exact) mass is 250 g/mol. The molecule has 94 valence electrons. The lowest BCUT2D eigenvalue weighted by Crippen LogP contribution is -2.23. The van der Waals surface area contributed by atoms with Crippen LogP contribution in [0.4, 0.5) is 0 Å². The lowest BCUT2D eigenvalue weighted by Gasteiger charge is -2.05. The highest BCUT2D eigenvalue weighted by Crippen LogP contribution is 1.96. The molecule has 7 heteroatoms. The van der Waals surface area contributed by atoms with Gasteiger partial charge >= 0.3 is 0 Å². The summed E-state index contributed by atoms with van der Waals surface area (Å²) in [4.78, 5) is 10.7. The van der Waals surface area contributed by atoms with Crippen LogP contribution < -0.4 is 11.1 Å². The number of nitrogens with one attached hydrogen (secondary N) is 1. The number of carbonyl (C=O) groups is 1. The highest BCUT2D eigenvalue weighted by molar-refractivity contribution is 7.86. The molecule has 0 unspecified atom stereocenters. The van der Waals surface area contributed by atoms with Gasteiger partial charge in [-0.1, -0.05) is 6.58 Å². The summed E-state index contributed by atoms with van der Waals surface area (Å²) in [5.41, 5.74) is 5.18. The lowest BCUT2D eigenvalue weighted by molar-refractivity contribution is -0.116. The summed E-state index contributed by atoms with van der Waals surface area (Å²) in [6, 6.07) is 0. The standard InChI is InChI=1S/C9H18N2O4S/c1-2-9(12)11-6-4-7-15-16(13,14)8-3-5-10/h2H,1,3-8,10H2,(H,11,12). The van der Waals surface area contributed by atoms with Gasteiger partial charge in [-0.25, -0.2) is 0 Å². The minimum atomic E-state index is -3.46. The minimum absolute atomic E-state index is 0.0598. The zero-order valence-corrected chi connectivity index (χ0v) is 9.96. The molecule has 0 aromatic heterocycles. The second kappa shape index (κ2) is 8.26. The van der Waals surface area contributed by atoms with E-state index in [1.165, 1.54) is 0 Å². The van der Waals surface area contributed by atoms with Crippen molar-refractivity contribution in [2.45, 2.75) is 12.8 Å². The van der Waals surface area contributed by atoms with Crippen molar-refractivity contribution in [3.05, 3.63) is 12.7 Å². The predicted molar refractivity (Wildman–Crippen MR) is 61.2 cm³/mol. The van der Waals surface area contributed by atoms with Crippen LogP contribution in [0.15, 0.2) is 12.7 Å². The first-order valence-electron chi connectivity index (χ1n) is 4.99. The molecule has 0 aliphatic carbocycles. The summed E-state index contributed by atoms with van der Waals surface area (Å²) in [6.07, 6.45) is 1.97. The van der Waals surface area contributed by atoms with E-state index in [0.717, 1.165) is 6.08 Å². The average Bonchev–Trinajstić information content (AvgIpc) is 2.25. The maximum absolute atomic E-state index is 11.2. The summed E-state index contributed by atoms with van der Waals surface area (Å²) in [5, 5.41) is 2.51. The van der Waals surface area contributed by atoms with Crippen LogP contribution in [0.5, 0.6) is 0 Å². The van der Waals surface area contributed by atoms with E-state index >= 15 is 0 Å². The maximum Gasteiger partial charge on any atom is 0.267 e. The molecule has 0 aliphatic heterocycles. The van der Waals surface area contributed by atoms with Crippen molar-refractivity contribution in [2.24, 2.45) is 5.73 Å². The molecule has 3 N–H and O–H groups in total. The molecule has 0 bridgehead atoms. The molecule has 0 aromatic rings. The Hall–Kier alpha value is -0.920. The van der Waals surface area contributed by atoms with Crippen molar-refractivity contribution in [1.29, 1.82) is 0 Å². The second-order valence-electron chi connectivity index (χ2n) is 3.07. The quantitative estimate of drug-likeness (QED) is 0.322. The molecule has 0 heterocycles. The van der Waals surface area contributed by atoms with Crippen LogP contribution >= 0.6 is 0 Å². The van der Waals surface area contributed by atoms with Crippen molar-refractivity contribution in [2.75, 3.05) is 25.4 Å². The Morgan fingerprint density at radius 3 is 2.69 bits per heavy atom. The average molecular weight is 250 g/mol. The molecule has 0 aliphatic rings. The van der Waals surface area contributed by atoms with Gasteiger partial charge in [-0.15, -0.1) is 0 Å². The smallest absolute Gasteiger partial charge is 0.267 e. The van der Waals surface area contributed by atoms with E-state index in [-0.39, 0.29) is 18.3 Å². The molecular formula is C9H18N2O4S. The molecule has 0 radical (unpaired) electrons. The number of rotatable bonds is 9. The van der Waals surface area contributed by atoms with E-state index in [0.29, 0.717) is 25.9 Å². The van der Waals surface area contributed by atoms with Gasteiger partial charge in [-0.3, -0.25) is 8.98 Å². The summed E-state index contributed by atoms with van der Waals surface area (Å²) < 4.78 is 27.0. The van der Waals surface area contributed by atoms with Crippen LogP contribution in [-0.4, -0.2) is 39.8 Å². The van der Waals surface area contributed by atoms with Crippen molar-refractivity contribution in [3.63, 3.8) is 0 Å². The third-order valence-electron chi connectivity index (χ3n) is 1.67. The Bertz CT molecular complexity index is 313. The summed E-state index contributed by atoms with van der Waals surface area (Å²) in [7, 11) is -3.46. The van der Waals surface area contributed by atoms with Gasteiger partial charge in [0.1, 0.15) is 0 Å². The number of amides is 1. The molecule has 0 spiro atoms. The first-order valence-corrected chi connectivity index (χ1v) is 6.57. The van der Waals surface area contributed by atoms with Crippen LogP contribution in [0.3, 0.4) is 0 Å². The third-order valence-corrected chi connectivity index (χ3v) is 2.98. The second-order valence-corrected chi connectivity index (χ2v) is 4.83. The van der Waals surface area contributed by atoms with E-state index < -0.39 is 10.1 Å². The number of hydrogen-bond donors (Lipinski definition) is 2. The molecule has 0 saturated carbocycles. The summed E-state index contributed by atoms with van der Waals surface area (Å²) in [5.74, 6) is -0.353. The topological polar surface area (TPSA) is 98.5 Å². The molecule has 6 nitrogen and oxygen atoms in total. The van der Waals surface area contributed by atoms with E-state index in [4.69, 9.17) is 5.73 Å². The fourth-order valence-electron chi connectivity index (χ4n) is 0.861. The third kappa shape index (κ3) is 8.39. The van der Waals surface area contributed by atoms with Gasteiger partial charge in [0.25, 0.3) is 10.1 Å². The first-order chi connectivity index (χ1) is 7.52. The minimum Gasteiger partial charge on any atom is -0.352 e. The Labute approximate surface area is 96.0 Å². The Balaban J connectivity index is 3.58. The number of nitrogens with two attached hydrogens (primary N) is 1. The summed E-state index contributed by atoms with van der Waals surface area (Å²) in [6.45, 7) is 4.02. The molecule has 16 heavy (non-hydrogen) atoms. The molecular weight excluding hydrogens is 232 g/mol.